The number of morpholine rings is 1. The van der Waals surface area contributed by atoms with Crippen molar-refractivity contribution in [3.05, 3.63) is 0 Å². The van der Waals surface area contributed by atoms with Crippen molar-refractivity contribution in [3.8, 4) is 0 Å². The molecule has 0 radical (unpaired) electrons. The molecule has 78 valence electrons. The highest BCUT2D eigenvalue weighted by Gasteiger charge is 2.22. The molecule has 1 rings (SSSR count). The van der Waals surface area contributed by atoms with E-state index in [0.717, 1.165) is 25.6 Å². The highest BCUT2D eigenvalue weighted by Crippen LogP contribution is 2.14. The summed E-state index contributed by atoms with van der Waals surface area (Å²) in [6.07, 6.45) is 0.451. The maximum Gasteiger partial charge on any atom is 0.0725 e. The maximum absolute atomic E-state index is 5.71. The zero-order valence-electron chi connectivity index (χ0n) is 9.42. The first-order valence-corrected chi connectivity index (χ1v) is 5.43. The Kier molecular flexibility index (Phi) is 4.20. The molecule has 2 nitrogen and oxygen atoms in total. The summed E-state index contributed by atoms with van der Waals surface area (Å²) < 4.78 is 5.71. The SMILES string of the molecule is CC(C)CN1CCOC(C(C)C)C1. The molecule has 1 aliphatic rings. The van der Waals surface area contributed by atoms with Crippen LogP contribution < -0.4 is 0 Å². The van der Waals surface area contributed by atoms with E-state index in [2.05, 4.69) is 32.6 Å². The van der Waals surface area contributed by atoms with E-state index in [4.69, 9.17) is 4.74 Å². The number of rotatable bonds is 3. The Balaban J connectivity index is 2.33. The van der Waals surface area contributed by atoms with Gasteiger partial charge >= 0.3 is 0 Å². The Morgan fingerprint density at radius 2 is 2.00 bits per heavy atom. The third kappa shape index (κ3) is 3.65. The van der Waals surface area contributed by atoms with Crippen LogP contribution in [0.3, 0.4) is 0 Å². The topological polar surface area (TPSA) is 12.5 Å². The highest BCUT2D eigenvalue weighted by atomic mass is 16.5. The number of nitrogens with zero attached hydrogens (tertiary/aromatic N) is 1. The molecule has 1 atom stereocenters. The zero-order chi connectivity index (χ0) is 9.84. The van der Waals surface area contributed by atoms with Crippen molar-refractivity contribution < 1.29 is 4.74 Å². The average Bonchev–Trinajstić information content (AvgIpc) is 2.03. The van der Waals surface area contributed by atoms with E-state index in [1.165, 1.54) is 6.54 Å². The fraction of sp³-hybridized carbons (Fsp3) is 1.00. The Morgan fingerprint density at radius 1 is 1.31 bits per heavy atom. The van der Waals surface area contributed by atoms with Crippen LogP contribution in [0.4, 0.5) is 0 Å². The fourth-order valence-electron chi connectivity index (χ4n) is 1.82. The summed E-state index contributed by atoms with van der Waals surface area (Å²) in [5.74, 6) is 1.42. The van der Waals surface area contributed by atoms with Gasteiger partial charge in [-0.3, -0.25) is 4.90 Å². The Hall–Kier alpha value is -0.0800. The smallest absolute Gasteiger partial charge is 0.0725 e. The summed E-state index contributed by atoms with van der Waals surface area (Å²) in [7, 11) is 0. The van der Waals surface area contributed by atoms with Crippen LogP contribution in [-0.2, 0) is 4.74 Å². The molecule has 0 bridgehead atoms. The standard InChI is InChI=1S/C11H23NO/c1-9(2)7-12-5-6-13-11(8-12)10(3)4/h9-11H,5-8H2,1-4H3. The first-order valence-electron chi connectivity index (χ1n) is 5.43. The molecular weight excluding hydrogens is 162 g/mol. The van der Waals surface area contributed by atoms with Gasteiger partial charge in [0.05, 0.1) is 12.7 Å². The van der Waals surface area contributed by atoms with Crippen molar-refractivity contribution >= 4 is 0 Å². The Morgan fingerprint density at radius 3 is 2.54 bits per heavy atom. The minimum atomic E-state index is 0.451. The molecular formula is C11H23NO. The molecule has 0 N–H and O–H groups in total. The van der Waals surface area contributed by atoms with Crippen molar-refractivity contribution in [1.82, 2.24) is 4.90 Å². The van der Waals surface area contributed by atoms with Crippen LogP contribution in [0, 0.1) is 11.8 Å². The van der Waals surface area contributed by atoms with Crippen LogP contribution in [0.2, 0.25) is 0 Å². The van der Waals surface area contributed by atoms with Crippen molar-refractivity contribution in [2.75, 3.05) is 26.2 Å². The van der Waals surface area contributed by atoms with Gasteiger partial charge in [0.25, 0.3) is 0 Å². The summed E-state index contributed by atoms with van der Waals surface area (Å²) >= 11 is 0. The fourth-order valence-corrected chi connectivity index (χ4v) is 1.82. The van der Waals surface area contributed by atoms with Crippen LogP contribution >= 0.6 is 0 Å². The summed E-state index contributed by atoms with van der Waals surface area (Å²) in [6, 6.07) is 0. The quantitative estimate of drug-likeness (QED) is 0.667. The second-order valence-corrected chi connectivity index (χ2v) is 4.81. The molecule has 0 aromatic heterocycles. The molecule has 2 heteroatoms. The normalized spacial score (nSPS) is 25.8. The summed E-state index contributed by atoms with van der Waals surface area (Å²) in [5.41, 5.74) is 0. The molecule has 0 amide bonds. The number of ether oxygens (including phenoxy) is 1. The van der Waals surface area contributed by atoms with Gasteiger partial charge in [-0.05, 0) is 11.8 Å². The second-order valence-electron chi connectivity index (χ2n) is 4.81. The lowest BCUT2D eigenvalue weighted by atomic mass is 10.0. The van der Waals surface area contributed by atoms with Crippen LogP contribution in [0.25, 0.3) is 0 Å². The molecule has 1 fully saturated rings. The van der Waals surface area contributed by atoms with E-state index >= 15 is 0 Å². The van der Waals surface area contributed by atoms with Gasteiger partial charge in [-0.1, -0.05) is 27.7 Å². The lowest BCUT2D eigenvalue weighted by Gasteiger charge is -2.35. The largest absolute Gasteiger partial charge is 0.375 e. The van der Waals surface area contributed by atoms with E-state index in [1.54, 1.807) is 0 Å². The number of hydrogen-bond donors (Lipinski definition) is 0. The van der Waals surface area contributed by atoms with Gasteiger partial charge in [-0.15, -0.1) is 0 Å². The molecule has 1 unspecified atom stereocenters. The Labute approximate surface area is 82.3 Å². The third-order valence-electron chi connectivity index (χ3n) is 2.54. The predicted molar refractivity (Wildman–Crippen MR) is 55.9 cm³/mol. The molecule has 13 heavy (non-hydrogen) atoms. The monoisotopic (exact) mass is 185 g/mol. The van der Waals surface area contributed by atoms with E-state index in [-0.39, 0.29) is 0 Å². The van der Waals surface area contributed by atoms with Gasteiger partial charge in [-0.25, -0.2) is 0 Å². The summed E-state index contributed by atoms with van der Waals surface area (Å²) in [6.45, 7) is 13.4. The van der Waals surface area contributed by atoms with Crippen LogP contribution in [-0.4, -0.2) is 37.2 Å². The van der Waals surface area contributed by atoms with Crippen molar-refractivity contribution in [2.45, 2.75) is 33.8 Å². The second kappa shape index (κ2) is 4.97. The number of hydrogen-bond acceptors (Lipinski definition) is 2. The molecule has 0 spiro atoms. The summed E-state index contributed by atoms with van der Waals surface area (Å²) in [5, 5.41) is 0. The first kappa shape index (κ1) is 11.0. The third-order valence-corrected chi connectivity index (χ3v) is 2.54. The predicted octanol–water partition coefficient (Wildman–Crippen LogP) is 2.00. The molecule has 0 aliphatic carbocycles. The summed E-state index contributed by atoms with van der Waals surface area (Å²) in [4.78, 5) is 2.53. The molecule has 1 heterocycles. The maximum atomic E-state index is 5.71. The lowest BCUT2D eigenvalue weighted by Crippen LogP contribution is -2.45. The molecule has 1 saturated heterocycles. The van der Waals surface area contributed by atoms with Crippen LogP contribution in [0.15, 0.2) is 0 Å². The van der Waals surface area contributed by atoms with Crippen molar-refractivity contribution in [1.29, 1.82) is 0 Å². The lowest BCUT2D eigenvalue weighted by molar-refractivity contribution is -0.0530. The van der Waals surface area contributed by atoms with E-state index in [0.29, 0.717) is 12.0 Å². The zero-order valence-corrected chi connectivity index (χ0v) is 9.42. The van der Waals surface area contributed by atoms with Crippen molar-refractivity contribution in [3.63, 3.8) is 0 Å². The van der Waals surface area contributed by atoms with E-state index in [1.807, 2.05) is 0 Å². The van der Waals surface area contributed by atoms with Gasteiger partial charge in [0.2, 0.25) is 0 Å². The molecule has 0 saturated carbocycles. The van der Waals surface area contributed by atoms with Crippen LogP contribution in [0.1, 0.15) is 27.7 Å². The van der Waals surface area contributed by atoms with E-state index < -0.39 is 0 Å². The van der Waals surface area contributed by atoms with E-state index in [9.17, 15) is 0 Å². The molecule has 0 aromatic carbocycles. The molecule has 0 aromatic rings. The van der Waals surface area contributed by atoms with Gasteiger partial charge in [-0.2, -0.15) is 0 Å². The van der Waals surface area contributed by atoms with Gasteiger partial charge < -0.3 is 4.74 Å². The highest BCUT2D eigenvalue weighted by molar-refractivity contribution is 4.74. The van der Waals surface area contributed by atoms with Crippen LogP contribution in [0.5, 0.6) is 0 Å². The minimum absolute atomic E-state index is 0.451. The minimum Gasteiger partial charge on any atom is -0.375 e. The van der Waals surface area contributed by atoms with Gasteiger partial charge in [0.15, 0.2) is 0 Å². The Bertz CT molecular complexity index is 145. The van der Waals surface area contributed by atoms with Crippen molar-refractivity contribution in [2.24, 2.45) is 11.8 Å². The van der Waals surface area contributed by atoms with Gasteiger partial charge in [0.1, 0.15) is 0 Å². The average molecular weight is 185 g/mol. The molecule has 1 aliphatic heterocycles. The van der Waals surface area contributed by atoms with Gasteiger partial charge in [0, 0.05) is 19.6 Å². The first-order chi connectivity index (χ1) is 6.09.